The minimum absolute atomic E-state index is 0.0908. The van der Waals surface area contributed by atoms with Crippen molar-refractivity contribution in [2.24, 2.45) is 10.4 Å². The second-order valence-corrected chi connectivity index (χ2v) is 13.6. The molecule has 40 heavy (non-hydrogen) atoms. The van der Waals surface area contributed by atoms with Crippen molar-refractivity contribution < 1.29 is 14.3 Å². The molecule has 1 saturated carbocycles. The zero-order valence-electron chi connectivity index (χ0n) is 23.3. The van der Waals surface area contributed by atoms with Crippen LogP contribution in [0.1, 0.15) is 80.4 Å². The van der Waals surface area contributed by atoms with E-state index in [4.69, 9.17) is 14.7 Å². The van der Waals surface area contributed by atoms with E-state index in [2.05, 4.69) is 49.3 Å². The first-order valence-corrected chi connectivity index (χ1v) is 15.2. The van der Waals surface area contributed by atoms with Crippen molar-refractivity contribution in [1.82, 2.24) is 15.3 Å². The summed E-state index contributed by atoms with van der Waals surface area (Å²) < 4.78 is 5.38. The van der Waals surface area contributed by atoms with E-state index < -0.39 is 5.41 Å². The lowest BCUT2D eigenvalue weighted by molar-refractivity contribution is -0.157. The molecule has 206 valence electrons. The van der Waals surface area contributed by atoms with Crippen LogP contribution in [-0.2, 0) is 19.7 Å². The van der Waals surface area contributed by atoms with Crippen molar-refractivity contribution in [3.8, 4) is 11.3 Å². The number of pyridine rings is 1. The van der Waals surface area contributed by atoms with Crippen molar-refractivity contribution in [1.29, 1.82) is 0 Å². The number of benzene rings is 1. The van der Waals surface area contributed by atoms with Gasteiger partial charge in [0.25, 0.3) is 5.91 Å². The summed E-state index contributed by atoms with van der Waals surface area (Å²) in [6.45, 7) is 8.73. The highest BCUT2D eigenvalue weighted by Crippen LogP contribution is 2.65. The number of aromatic nitrogens is 2. The molecule has 0 radical (unpaired) electrons. The lowest BCUT2D eigenvalue weighted by atomic mass is 9.50. The molecule has 1 amide bonds. The summed E-state index contributed by atoms with van der Waals surface area (Å²) in [6, 6.07) is 10.5. The molecule has 7 nitrogen and oxygen atoms in total. The van der Waals surface area contributed by atoms with Crippen LogP contribution in [0, 0.1) is 5.41 Å². The standard InChI is InChI=1S/C31H32N4O3S2/c1-17(2)19-9-10-21-20(15-19)23-24(25-30(21,3)11-7-12-31(25,4)27(37)38-5)40-28(33-23)35-29-34-26(36)22(39-29)14-18-8-6-13-32-16-18/h6,8-10,13-17,25H,7,11-12H2,1-5H3,(H,33,34,35,36)/b22-14-/t25?,30-,31-/m1/s1. The van der Waals surface area contributed by atoms with Gasteiger partial charge in [-0.25, -0.2) is 4.98 Å². The average molecular weight is 573 g/mol. The van der Waals surface area contributed by atoms with Crippen molar-refractivity contribution in [3.05, 3.63) is 69.2 Å². The van der Waals surface area contributed by atoms with E-state index in [1.807, 2.05) is 19.1 Å². The van der Waals surface area contributed by atoms with E-state index in [0.717, 1.165) is 41.0 Å². The number of hydrogen-bond acceptors (Lipinski definition) is 8. The molecule has 9 heteroatoms. The minimum Gasteiger partial charge on any atom is -0.469 e. The maximum Gasteiger partial charge on any atom is 0.312 e. The fourth-order valence-electron chi connectivity index (χ4n) is 6.69. The Kier molecular flexibility index (Phi) is 6.70. The Morgan fingerprint density at radius 1 is 1.25 bits per heavy atom. The van der Waals surface area contributed by atoms with Gasteiger partial charge in [-0.05, 0) is 72.3 Å². The number of carbonyl (C=O) groups is 2. The van der Waals surface area contributed by atoms with Crippen LogP contribution in [0.15, 0.2) is 52.6 Å². The molecule has 1 saturated heterocycles. The van der Waals surface area contributed by atoms with E-state index in [1.54, 1.807) is 18.5 Å². The molecule has 3 aliphatic rings. The van der Waals surface area contributed by atoms with E-state index in [0.29, 0.717) is 21.1 Å². The number of nitrogens with zero attached hydrogens (tertiary/aromatic N) is 3. The third-order valence-corrected chi connectivity index (χ3v) is 10.6. The van der Waals surface area contributed by atoms with Crippen LogP contribution in [0.2, 0.25) is 0 Å². The molecule has 0 spiro atoms. The number of amides is 1. The van der Waals surface area contributed by atoms with Crippen molar-refractivity contribution in [3.63, 3.8) is 0 Å². The summed E-state index contributed by atoms with van der Waals surface area (Å²) in [5.74, 6) is -0.0907. The van der Waals surface area contributed by atoms with Gasteiger partial charge in [0, 0.05) is 34.2 Å². The SMILES string of the molecule is COC(=O)[C@]1(C)CCC[C@]2(C)c3ccc(C(C)C)cc3-c3nc(/N=C4\NC(=O)/C(=C/c5cccnc5)S4)sc3C12. The summed E-state index contributed by atoms with van der Waals surface area (Å²) in [5, 5.41) is 3.94. The number of aliphatic imine (C=N–C) groups is 1. The number of rotatable bonds is 4. The number of ether oxygens (including phenoxy) is 1. The molecule has 1 aliphatic heterocycles. The highest BCUT2D eigenvalue weighted by Gasteiger charge is 2.58. The smallest absolute Gasteiger partial charge is 0.312 e. The van der Waals surface area contributed by atoms with Gasteiger partial charge in [-0.15, -0.1) is 0 Å². The second kappa shape index (κ2) is 9.96. The maximum atomic E-state index is 13.3. The Labute approximate surface area is 242 Å². The average Bonchev–Trinajstić information content (AvgIpc) is 3.50. The van der Waals surface area contributed by atoms with Crippen LogP contribution >= 0.6 is 23.1 Å². The van der Waals surface area contributed by atoms with Crippen LogP contribution in [0.5, 0.6) is 0 Å². The number of hydrogen-bond donors (Lipinski definition) is 1. The lowest BCUT2D eigenvalue weighted by Crippen LogP contribution is -2.50. The number of thiazole rings is 1. The topological polar surface area (TPSA) is 93.5 Å². The fourth-order valence-corrected chi connectivity index (χ4v) is 8.93. The van der Waals surface area contributed by atoms with Crippen LogP contribution < -0.4 is 5.32 Å². The van der Waals surface area contributed by atoms with Gasteiger partial charge in [0.2, 0.25) is 5.13 Å². The number of fused-ring (bicyclic) bond motifs is 6. The van der Waals surface area contributed by atoms with Crippen molar-refractivity contribution >= 4 is 51.4 Å². The molecule has 3 atom stereocenters. The zero-order chi connectivity index (χ0) is 28.2. The van der Waals surface area contributed by atoms with Crippen LogP contribution in [0.25, 0.3) is 17.3 Å². The van der Waals surface area contributed by atoms with Gasteiger partial charge in [-0.3, -0.25) is 14.6 Å². The molecule has 2 aliphatic carbocycles. The van der Waals surface area contributed by atoms with Gasteiger partial charge >= 0.3 is 5.97 Å². The molecule has 6 rings (SSSR count). The first kappa shape index (κ1) is 26.9. The monoisotopic (exact) mass is 572 g/mol. The normalized spacial score (nSPS) is 27.4. The Balaban J connectivity index is 1.47. The molecule has 3 heterocycles. The number of thioether (sulfide) groups is 1. The van der Waals surface area contributed by atoms with Crippen LogP contribution in [0.3, 0.4) is 0 Å². The van der Waals surface area contributed by atoms with Gasteiger partial charge in [-0.1, -0.05) is 56.7 Å². The number of methoxy groups -OCH3 is 1. The van der Waals surface area contributed by atoms with Gasteiger partial charge in [0.1, 0.15) is 0 Å². The maximum absolute atomic E-state index is 13.3. The molecule has 2 aromatic heterocycles. The molecule has 3 aromatic rings. The summed E-state index contributed by atoms with van der Waals surface area (Å²) >= 11 is 2.81. The molecule has 0 bridgehead atoms. The predicted molar refractivity (Wildman–Crippen MR) is 161 cm³/mol. The summed E-state index contributed by atoms with van der Waals surface area (Å²) in [6.07, 6.45) is 7.91. The van der Waals surface area contributed by atoms with E-state index in [-0.39, 0.29) is 23.2 Å². The first-order valence-electron chi connectivity index (χ1n) is 13.6. The quantitative estimate of drug-likeness (QED) is 0.269. The first-order chi connectivity index (χ1) is 19.1. The van der Waals surface area contributed by atoms with Gasteiger partial charge < -0.3 is 10.1 Å². The molecule has 1 aromatic carbocycles. The Hall–Kier alpha value is -3.30. The van der Waals surface area contributed by atoms with Crippen molar-refractivity contribution in [2.45, 2.75) is 64.2 Å². The molecule has 1 N–H and O–H groups in total. The molecule has 2 fully saturated rings. The number of carbonyl (C=O) groups excluding carboxylic acids is 2. The zero-order valence-corrected chi connectivity index (χ0v) is 24.9. The third kappa shape index (κ3) is 4.30. The van der Waals surface area contributed by atoms with Crippen LogP contribution in [0.4, 0.5) is 5.13 Å². The largest absolute Gasteiger partial charge is 0.469 e. The highest BCUT2D eigenvalue weighted by molar-refractivity contribution is 8.18. The number of nitrogens with one attached hydrogen (secondary N) is 1. The van der Waals surface area contributed by atoms with Gasteiger partial charge in [0.15, 0.2) is 5.17 Å². The van der Waals surface area contributed by atoms with Crippen molar-refractivity contribution in [2.75, 3.05) is 7.11 Å². The summed E-state index contributed by atoms with van der Waals surface area (Å²) in [4.78, 5) is 41.6. The molecular formula is C31H32N4O3S2. The second-order valence-electron chi connectivity index (χ2n) is 11.6. The minimum atomic E-state index is -0.683. The highest BCUT2D eigenvalue weighted by atomic mass is 32.2. The Bertz CT molecular complexity index is 1580. The van der Waals surface area contributed by atoms with E-state index in [9.17, 15) is 9.59 Å². The number of esters is 1. The van der Waals surface area contributed by atoms with E-state index >= 15 is 0 Å². The van der Waals surface area contributed by atoms with Gasteiger partial charge in [0.05, 0.1) is 23.1 Å². The van der Waals surface area contributed by atoms with Gasteiger partial charge in [-0.2, -0.15) is 4.99 Å². The Morgan fingerprint density at radius 2 is 2.08 bits per heavy atom. The fraction of sp³-hybridized carbons (Fsp3) is 0.387. The summed E-state index contributed by atoms with van der Waals surface area (Å²) in [7, 11) is 1.48. The number of amidine groups is 1. The lowest BCUT2D eigenvalue weighted by Gasteiger charge is -2.53. The predicted octanol–water partition coefficient (Wildman–Crippen LogP) is 6.94. The summed E-state index contributed by atoms with van der Waals surface area (Å²) in [5.41, 5.74) is 4.42. The molecule has 1 unspecified atom stereocenters. The van der Waals surface area contributed by atoms with E-state index in [1.165, 1.54) is 41.3 Å². The molecular weight excluding hydrogens is 541 g/mol. The Morgan fingerprint density at radius 3 is 2.80 bits per heavy atom. The van der Waals surface area contributed by atoms with Crippen LogP contribution in [-0.4, -0.2) is 34.1 Å². The third-order valence-electron chi connectivity index (χ3n) is 8.63.